The monoisotopic (exact) mass is 209 g/mol. The van der Waals surface area contributed by atoms with E-state index >= 15 is 0 Å². The lowest BCUT2D eigenvalue weighted by Gasteiger charge is -2.21. The number of Topliss-reactive ketones (excluding diaryl/α,β-unsaturated/α-hetero) is 1. The summed E-state index contributed by atoms with van der Waals surface area (Å²) in [5.41, 5.74) is 0. The van der Waals surface area contributed by atoms with Gasteiger partial charge in [-0.25, -0.2) is 0 Å². The van der Waals surface area contributed by atoms with Crippen molar-refractivity contribution in [3.05, 3.63) is 17.5 Å². The molecule has 1 aromatic rings. The van der Waals surface area contributed by atoms with E-state index in [0.29, 0.717) is 6.29 Å². The van der Waals surface area contributed by atoms with Gasteiger partial charge in [0, 0.05) is 6.54 Å². The van der Waals surface area contributed by atoms with Gasteiger partial charge in [0.25, 0.3) is 0 Å². The fourth-order valence-corrected chi connectivity index (χ4v) is 2.65. The lowest BCUT2D eigenvalue weighted by molar-refractivity contribution is -0.130. The fraction of sp³-hybridized carbons (Fsp3) is 0.400. The smallest absolute Gasteiger partial charge is 0.217 e. The van der Waals surface area contributed by atoms with Gasteiger partial charge < -0.3 is 4.90 Å². The van der Waals surface area contributed by atoms with Crippen molar-refractivity contribution in [1.29, 1.82) is 0 Å². The Morgan fingerprint density at radius 2 is 2.50 bits per heavy atom. The van der Waals surface area contributed by atoms with Crippen molar-refractivity contribution >= 4 is 28.4 Å². The van der Waals surface area contributed by atoms with Gasteiger partial charge in [0.05, 0.1) is 11.0 Å². The Morgan fingerprint density at radius 3 is 3.14 bits per heavy atom. The zero-order chi connectivity index (χ0) is 9.97. The number of nitrogens with zero attached hydrogens (tertiary/aromatic N) is 1. The molecule has 0 aliphatic carbocycles. The zero-order valence-electron chi connectivity index (χ0n) is 7.68. The van der Waals surface area contributed by atoms with Crippen LogP contribution in [0.1, 0.15) is 12.8 Å². The van der Waals surface area contributed by atoms with E-state index < -0.39 is 0 Å². The summed E-state index contributed by atoms with van der Waals surface area (Å²) >= 11 is 1.61. The highest BCUT2D eigenvalue weighted by Gasteiger charge is 2.30. The van der Waals surface area contributed by atoms with Crippen molar-refractivity contribution in [2.75, 3.05) is 11.4 Å². The molecular formula is C10H11NO2S. The summed E-state index contributed by atoms with van der Waals surface area (Å²) in [6.07, 6.45) is 2.23. The third-order valence-corrected chi connectivity index (χ3v) is 3.39. The molecule has 4 heteroatoms. The van der Waals surface area contributed by atoms with Crippen molar-refractivity contribution in [1.82, 2.24) is 0 Å². The van der Waals surface area contributed by atoms with Crippen molar-refractivity contribution in [2.24, 2.45) is 0 Å². The highest BCUT2D eigenvalue weighted by molar-refractivity contribution is 7.14. The van der Waals surface area contributed by atoms with Gasteiger partial charge in [-0.3, -0.25) is 9.59 Å². The molecule has 0 bridgehead atoms. The maximum absolute atomic E-state index is 11.3. The lowest BCUT2D eigenvalue weighted by atomic mass is 10.1. The minimum absolute atomic E-state index is 0.217. The van der Waals surface area contributed by atoms with Gasteiger partial charge in [0.1, 0.15) is 0 Å². The van der Waals surface area contributed by atoms with Gasteiger partial charge in [0.15, 0.2) is 6.29 Å². The predicted octanol–water partition coefficient (Wildman–Crippen LogP) is 1.48. The minimum Gasteiger partial charge on any atom is -0.353 e. The molecule has 1 aromatic heterocycles. The first-order chi connectivity index (χ1) is 6.83. The predicted molar refractivity (Wildman–Crippen MR) is 55.8 cm³/mol. The molecule has 1 fully saturated rings. The van der Waals surface area contributed by atoms with E-state index in [2.05, 4.69) is 0 Å². The largest absolute Gasteiger partial charge is 0.353 e. The number of aldehydes is 1. The van der Waals surface area contributed by atoms with Crippen LogP contribution in [0, 0.1) is 0 Å². The van der Waals surface area contributed by atoms with Gasteiger partial charge in [0.2, 0.25) is 5.78 Å². The third kappa shape index (κ3) is 1.57. The lowest BCUT2D eigenvalue weighted by Crippen LogP contribution is -2.36. The molecule has 0 N–H and O–H groups in total. The van der Waals surface area contributed by atoms with E-state index in [1.807, 2.05) is 22.4 Å². The average Bonchev–Trinajstić information content (AvgIpc) is 2.85. The highest BCUT2D eigenvalue weighted by Crippen LogP contribution is 2.29. The van der Waals surface area contributed by atoms with Gasteiger partial charge in [-0.1, -0.05) is 0 Å². The summed E-state index contributed by atoms with van der Waals surface area (Å²) in [6, 6.07) is 3.73. The molecule has 2 rings (SSSR count). The molecule has 0 radical (unpaired) electrons. The Balaban J connectivity index is 2.19. The van der Waals surface area contributed by atoms with Crippen molar-refractivity contribution in [3.8, 4) is 0 Å². The van der Waals surface area contributed by atoms with Crippen molar-refractivity contribution in [2.45, 2.75) is 18.9 Å². The van der Waals surface area contributed by atoms with Gasteiger partial charge in [-0.05, 0) is 30.4 Å². The topological polar surface area (TPSA) is 37.4 Å². The van der Waals surface area contributed by atoms with Crippen LogP contribution in [0.4, 0.5) is 5.00 Å². The van der Waals surface area contributed by atoms with Crippen LogP contribution in [-0.4, -0.2) is 24.7 Å². The fourth-order valence-electron chi connectivity index (χ4n) is 1.84. The molecule has 14 heavy (non-hydrogen) atoms. The molecular weight excluding hydrogens is 198 g/mol. The Labute approximate surface area is 86.3 Å². The zero-order valence-corrected chi connectivity index (χ0v) is 8.50. The summed E-state index contributed by atoms with van der Waals surface area (Å²) in [7, 11) is 0. The molecule has 1 aliphatic rings. The molecule has 0 amide bonds. The number of thiophene rings is 1. The second kappa shape index (κ2) is 3.92. The Kier molecular flexibility index (Phi) is 2.63. The molecule has 1 atom stereocenters. The molecule has 1 unspecified atom stereocenters. The number of anilines is 1. The van der Waals surface area contributed by atoms with Gasteiger partial charge in [-0.2, -0.15) is 0 Å². The molecule has 0 spiro atoms. The molecule has 2 heterocycles. The van der Waals surface area contributed by atoms with Crippen molar-refractivity contribution in [3.63, 3.8) is 0 Å². The first kappa shape index (κ1) is 9.40. The van der Waals surface area contributed by atoms with E-state index in [4.69, 9.17) is 0 Å². The molecule has 0 saturated carbocycles. The number of carbonyl (C=O) groups is 2. The summed E-state index contributed by atoms with van der Waals surface area (Å²) in [6.45, 7) is 0.880. The van der Waals surface area contributed by atoms with Crippen molar-refractivity contribution < 1.29 is 9.59 Å². The van der Waals surface area contributed by atoms with Crippen LogP contribution in [-0.2, 0) is 9.59 Å². The van der Waals surface area contributed by atoms with E-state index in [-0.39, 0.29) is 11.8 Å². The van der Waals surface area contributed by atoms with Crippen LogP contribution in [0.15, 0.2) is 17.5 Å². The number of ketones is 1. The second-order valence-electron chi connectivity index (χ2n) is 3.32. The molecule has 0 aromatic carbocycles. The quantitative estimate of drug-likeness (QED) is 0.559. The third-order valence-electron chi connectivity index (χ3n) is 2.49. The number of hydrogen-bond acceptors (Lipinski definition) is 4. The summed E-state index contributed by atoms with van der Waals surface area (Å²) in [4.78, 5) is 23.8. The maximum Gasteiger partial charge on any atom is 0.217 e. The Morgan fingerprint density at radius 1 is 1.64 bits per heavy atom. The van der Waals surface area contributed by atoms with Crippen LogP contribution in [0.3, 0.4) is 0 Å². The summed E-state index contributed by atoms with van der Waals surface area (Å²) in [5.74, 6) is -0.295. The summed E-state index contributed by atoms with van der Waals surface area (Å²) < 4.78 is 0. The first-order valence-corrected chi connectivity index (χ1v) is 5.50. The van der Waals surface area contributed by atoms with Gasteiger partial charge >= 0.3 is 0 Å². The molecule has 74 valence electrons. The van der Waals surface area contributed by atoms with E-state index in [1.54, 1.807) is 11.3 Å². The van der Waals surface area contributed by atoms with E-state index in [0.717, 1.165) is 24.4 Å². The summed E-state index contributed by atoms with van der Waals surface area (Å²) in [5, 5.41) is 3.07. The highest BCUT2D eigenvalue weighted by atomic mass is 32.1. The van der Waals surface area contributed by atoms with Crippen LogP contribution in [0.2, 0.25) is 0 Å². The van der Waals surface area contributed by atoms with Crippen LogP contribution in [0.5, 0.6) is 0 Å². The second-order valence-corrected chi connectivity index (χ2v) is 4.25. The first-order valence-electron chi connectivity index (χ1n) is 4.62. The SMILES string of the molecule is O=CC(=O)C1CCCN1c1cccs1. The number of rotatable bonds is 3. The molecule has 1 aliphatic heterocycles. The minimum atomic E-state index is -0.295. The number of hydrogen-bond donors (Lipinski definition) is 0. The standard InChI is InChI=1S/C10H11NO2S/c12-7-9(13)8-3-1-5-11(8)10-4-2-6-14-10/h2,4,6-8H,1,3,5H2. The average molecular weight is 209 g/mol. The molecule has 1 saturated heterocycles. The molecule has 3 nitrogen and oxygen atoms in total. The Hall–Kier alpha value is -1.16. The Bertz CT molecular complexity index is 334. The van der Waals surface area contributed by atoms with E-state index in [9.17, 15) is 9.59 Å². The van der Waals surface area contributed by atoms with E-state index in [1.165, 1.54) is 0 Å². The maximum atomic E-state index is 11.3. The number of carbonyl (C=O) groups excluding carboxylic acids is 2. The van der Waals surface area contributed by atoms with Crippen LogP contribution < -0.4 is 4.90 Å². The van der Waals surface area contributed by atoms with Crippen LogP contribution in [0.25, 0.3) is 0 Å². The van der Waals surface area contributed by atoms with Crippen LogP contribution >= 0.6 is 11.3 Å². The normalized spacial score (nSPS) is 21.1. The van der Waals surface area contributed by atoms with Gasteiger partial charge in [-0.15, -0.1) is 11.3 Å².